The van der Waals surface area contributed by atoms with E-state index in [0.29, 0.717) is 84.0 Å². The van der Waals surface area contributed by atoms with E-state index in [1.54, 1.807) is 15.9 Å². The van der Waals surface area contributed by atoms with Crippen molar-refractivity contribution in [1.82, 2.24) is 29.6 Å². The number of benzene rings is 4. The molecule has 2 atom stereocenters. The number of carboxylic acid groups (broad SMARTS) is 2. The van der Waals surface area contributed by atoms with Crippen molar-refractivity contribution < 1.29 is 60.1 Å². The second kappa shape index (κ2) is 24.0. The molecule has 0 aliphatic carbocycles. The van der Waals surface area contributed by atoms with Gasteiger partial charge in [0, 0.05) is 72.5 Å². The molecule has 10 rings (SSSR count). The third kappa shape index (κ3) is 12.5. The highest BCUT2D eigenvalue weighted by molar-refractivity contribution is 5.92. The van der Waals surface area contributed by atoms with Crippen LogP contribution >= 0.6 is 0 Å². The molecule has 406 valence electrons. The van der Waals surface area contributed by atoms with Crippen LogP contribution in [0.15, 0.2) is 91.3 Å². The number of halogens is 7. The summed E-state index contributed by atoms with van der Waals surface area (Å²) in [4.78, 5) is 63.6. The standard InChI is InChI=1S/C29H29F4N3O3.C29H30F3N3O3/c30-20-2-3-25-21(15-20)22(16-34-25)18-5-11-36(12-6-18)28(29(38)39)19-7-9-35(10-8-19)26(37)4-1-17-13-23(31)27(33)24(32)14-17;30-23-15-18(16-24(31)27(23)32)5-6-26(36)34-11-9-20(10-12-34)28(29(37)38)35-13-7-19(8-14-35)22-17-33-25-4-2-1-3-21(22)25/h1-4,13-16,18-19,28,34H,5-12H2,(H,38,39);1-6,15-17,19-20,28,33H,7-14H2,(H,37,38)/b4-1+;6-5+. The van der Waals surface area contributed by atoms with E-state index in [1.165, 1.54) is 47.4 Å². The molecule has 2 aromatic heterocycles. The van der Waals surface area contributed by atoms with Gasteiger partial charge in [0.1, 0.15) is 17.9 Å². The minimum Gasteiger partial charge on any atom is -0.480 e. The van der Waals surface area contributed by atoms with E-state index < -0.39 is 58.9 Å². The molecule has 0 saturated carbocycles. The predicted octanol–water partition coefficient (Wildman–Crippen LogP) is 10.5. The van der Waals surface area contributed by atoms with Crippen molar-refractivity contribution in [3.63, 3.8) is 0 Å². The van der Waals surface area contributed by atoms with Gasteiger partial charge in [0.25, 0.3) is 0 Å². The molecule has 77 heavy (non-hydrogen) atoms. The van der Waals surface area contributed by atoms with Crippen molar-refractivity contribution >= 4 is 57.7 Å². The molecule has 12 nitrogen and oxygen atoms in total. The van der Waals surface area contributed by atoms with Gasteiger partial charge in [0.05, 0.1) is 0 Å². The maximum absolute atomic E-state index is 13.8. The fraction of sp³-hybridized carbons (Fsp3) is 0.379. The maximum atomic E-state index is 13.8. The number of carboxylic acids is 2. The number of hydrogen-bond acceptors (Lipinski definition) is 6. The monoisotopic (exact) mass is 1070 g/mol. The van der Waals surface area contributed by atoms with Crippen LogP contribution < -0.4 is 0 Å². The minimum absolute atomic E-state index is 0.0294. The van der Waals surface area contributed by atoms with Gasteiger partial charge in [0.2, 0.25) is 11.8 Å². The summed E-state index contributed by atoms with van der Waals surface area (Å²) in [5.74, 6) is -10.7. The molecule has 0 radical (unpaired) electrons. The number of carbonyl (C=O) groups is 4. The zero-order valence-corrected chi connectivity index (χ0v) is 42.1. The van der Waals surface area contributed by atoms with Gasteiger partial charge in [-0.15, -0.1) is 0 Å². The molecule has 4 aromatic carbocycles. The highest BCUT2D eigenvalue weighted by Crippen LogP contribution is 2.38. The smallest absolute Gasteiger partial charge is 0.321 e. The highest BCUT2D eigenvalue weighted by Gasteiger charge is 2.40. The summed E-state index contributed by atoms with van der Waals surface area (Å²) in [6.07, 6.45) is 14.3. The summed E-state index contributed by atoms with van der Waals surface area (Å²) in [5.41, 5.74) is 4.42. The van der Waals surface area contributed by atoms with Gasteiger partial charge < -0.3 is 30.0 Å². The van der Waals surface area contributed by atoms with Crippen LogP contribution in [0.4, 0.5) is 30.7 Å². The molecule has 4 saturated heterocycles. The van der Waals surface area contributed by atoms with Crippen molar-refractivity contribution in [3.05, 3.63) is 154 Å². The second-order valence-electron chi connectivity index (χ2n) is 20.5. The Kier molecular flexibility index (Phi) is 17.0. The number of para-hydroxylation sites is 1. The largest absolute Gasteiger partial charge is 0.480 e. The van der Waals surface area contributed by atoms with Gasteiger partial charge in [-0.05, 0) is 184 Å². The Morgan fingerprint density at radius 1 is 0.494 bits per heavy atom. The van der Waals surface area contributed by atoms with Crippen molar-refractivity contribution in [1.29, 1.82) is 0 Å². The summed E-state index contributed by atoms with van der Waals surface area (Å²) in [7, 11) is 0. The Morgan fingerprint density at radius 2 is 0.883 bits per heavy atom. The summed E-state index contributed by atoms with van der Waals surface area (Å²) in [6.45, 7) is 4.14. The molecule has 4 fully saturated rings. The minimum atomic E-state index is -1.56. The van der Waals surface area contributed by atoms with Crippen molar-refractivity contribution in [2.75, 3.05) is 52.4 Å². The third-order valence-corrected chi connectivity index (χ3v) is 16.0. The number of rotatable bonds is 12. The topological polar surface area (TPSA) is 153 Å². The van der Waals surface area contributed by atoms with Crippen molar-refractivity contribution in [3.8, 4) is 0 Å². The number of likely N-dealkylation sites (tertiary alicyclic amines) is 4. The normalized spacial score (nSPS) is 18.8. The van der Waals surface area contributed by atoms with Crippen LogP contribution in [0.1, 0.15) is 85.5 Å². The van der Waals surface area contributed by atoms with Gasteiger partial charge >= 0.3 is 11.9 Å². The van der Waals surface area contributed by atoms with Crippen LogP contribution in [0.2, 0.25) is 0 Å². The predicted molar refractivity (Wildman–Crippen MR) is 276 cm³/mol. The number of piperidine rings is 4. The van der Waals surface area contributed by atoms with Crippen LogP contribution in [0, 0.1) is 52.6 Å². The molecule has 2 unspecified atom stereocenters. The number of nitrogens with zero attached hydrogens (tertiary/aromatic N) is 4. The summed E-state index contributed by atoms with van der Waals surface area (Å²) in [6, 6.07) is 14.9. The van der Waals surface area contributed by atoms with Gasteiger partial charge in [-0.3, -0.25) is 29.0 Å². The fourth-order valence-corrected chi connectivity index (χ4v) is 11.9. The van der Waals surface area contributed by atoms with Crippen molar-refractivity contribution in [2.45, 2.75) is 75.3 Å². The van der Waals surface area contributed by atoms with Gasteiger partial charge in [-0.1, -0.05) is 18.2 Å². The van der Waals surface area contributed by atoms with Crippen LogP contribution in [0.5, 0.6) is 0 Å². The Hall–Kier alpha value is -7.25. The van der Waals surface area contributed by atoms with E-state index in [9.17, 15) is 60.1 Å². The average Bonchev–Trinajstić information content (AvgIpc) is 4.06. The Balaban J connectivity index is 0.000000188. The lowest BCUT2D eigenvalue weighted by Gasteiger charge is -2.41. The first kappa shape index (κ1) is 54.5. The second-order valence-corrected chi connectivity index (χ2v) is 20.5. The van der Waals surface area contributed by atoms with Gasteiger partial charge in [-0.2, -0.15) is 0 Å². The van der Waals surface area contributed by atoms with Crippen LogP contribution in [0.25, 0.3) is 34.0 Å². The lowest BCUT2D eigenvalue weighted by Crippen LogP contribution is -2.52. The van der Waals surface area contributed by atoms with Crippen molar-refractivity contribution in [2.24, 2.45) is 11.8 Å². The first-order chi connectivity index (χ1) is 37.0. The van der Waals surface area contributed by atoms with E-state index in [4.69, 9.17) is 0 Å². The van der Waals surface area contributed by atoms with E-state index in [-0.39, 0.29) is 46.5 Å². The molecular formula is C58H59F7N6O6. The summed E-state index contributed by atoms with van der Waals surface area (Å²) < 4.78 is 93.7. The maximum Gasteiger partial charge on any atom is 0.321 e. The number of hydrogen-bond donors (Lipinski definition) is 4. The Morgan fingerprint density at radius 3 is 1.30 bits per heavy atom. The summed E-state index contributed by atoms with van der Waals surface area (Å²) in [5, 5.41) is 22.3. The Labute approximate surface area is 439 Å². The summed E-state index contributed by atoms with van der Waals surface area (Å²) >= 11 is 0. The molecule has 4 aliphatic rings. The van der Waals surface area contributed by atoms with E-state index in [2.05, 4.69) is 33.2 Å². The number of aromatic nitrogens is 2. The number of H-pyrrole nitrogens is 2. The molecule has 19 heteroatoms. The zero-order valence-electron chi connectivity index (χ0n) is 42.1. The fourth-order valence-electron chi connectivity index (χ4n) is 11.9. The number of nitrogens with one attached hydrogen (secondary N) is 2. The quantitative estimate of drug-likeness (QED) is 0.0537. The third-order valence-electron chi connectivity index (χ3n) is 16.0. The Bertz CT molecular complexity index is 3140. The first-order valence-electron chi connectivity index (χ1n) is 26.0. The zero-order chi connectivity index (χ0) is 54.5. The first-order valence-corrected chi connectivity index (χ1v) is 26.0. The number of aliphatic carboxylic acids is 2. The molecule has 4 N–H and O–H groups in total. The molecule has 6 heterocycles. The van der Waals surface area contributed by atoms with Gasteiger partial charge in [-0.25, -0.2) is 30.7 Å². The number of amides is 2. The molecule has 6 aromatic rings. The van der Waals surface area contributed by atoms with E-state index in [1.807, 2.05) is 23.2 Å². The van der Waals surface area contributed by atoms with Crippen LogP contribution in [-0.2, 0) is 19.2 Å². The molecule has 0 bridgehead atoms. The van der Waals surface area contributed by atoms with E-state index in [0.717, 1.165) is 71.9 Å². The molecular weight excluding hydrogens is 1010 g/mol. The molecule has 0 spiro atoms. The SMILES string of the molecule is O=C(O)C(C1CCN(C(=O)/C=C/c2cc(F)c(F)c(F)c2)CC1)N1CCC(c2c[nH]c3ccc(F)cc23)CC1.O=C(O)C(C1CCN(C(=O)/C=C/c2cc(F)c(F)c(F)c2)CC1)N1CCC(c2c[nH]c3ccccc23)CC1. The van der Waals surface area contributed by atoms with E-state index >= 15 is 0 Å². The van der Waals surface area contributed by atoms with Crippen LogP contribution in [-0.4, -0.2) is 128 Å². The lowest BCUT2D eigenvalue weighted by atomic mass is 9.84. The van der Waals surface area contributed by atoms with Gasteiger partial charge in [0.15, 0.2) is 34.9 Å². The molecule has 2 amide bonds. The average molecular weight is 1070 g/mol. The molecule has 4 aliphatic heterocycles. The number of fused-ring (bicyclic) bond motifs is 2. The van der Waals surface area contributed by atoms with Crippen LogP contribution in [0.3, 0.4) is 0 Å². The number of aromatic amines is 2. The lowest BCUT2D eigenvalue weighted by molar-refractivity contribution is -0.148. The highest BCUT2D eigenvalue weighted by atomic mass is 19.2. The number of carbonyl (C=O) groups excluding carboxylic acids is 2.